The quantitative estimate of drug-likeness (QED) is 0.831. The zero-order valence-corrected chi connectivity index (χ0v) is 10.4. The molecule has 0 unspecified atom stereocenters. The predicted molar refractivity (Wildman–Crippen MR) is 68.7 cm³/mol. The van der Waals surface area contributed by atoms with Crippen molar-refractivity contribution in [2.45, 2.75) is 12.8 Å². The van der Waals surface area contributed by atoms with Crippen molar-refractivity contribution in [1.82, 2.24) is 4.98 Å². The van der Waals surface area contributed by atoms with Gasteiger partial charge in [-0.1, -0.05) is 0 Å². The van der Waals surface area contributed by atoms with Crippen LogP contribution in [0.3, 0.4) is 0 Å². The van der Waals surface area contributed by atoms with Gasteiger partial charge in [0, 0.05) is 12.1 Å². The van der Waals surface area contributed by atoms with Crippen molar-refractivity contribution in [1.29, 1.82) is 0 Å². The lowest BCUT2D eigenvalue weighted by Crippen LogP contribution is -1.98. The predicted octanol–water partition coefficient (Wildman–Crippen LogP) is 2.44. The van der Waals surface area contributed by atoms with Crippen molar-refractivity contribution in [3.63, 3.8) is 0 Å². The Morgan fingerprint density at radius 1 is 1.42 bits per heavy atom. The normalized spacial score (nSPS) is 10.2. The molecule has 100 valence electrons. The summed E-state index contributed by atoms with van der Waals surface area (Å²) in [6, 6.07) is 7.64. The molecular formula is C13H14N2O4. The molecule has 1 heterocycles. The van der Waals surface area contributed by atoms with Crippen LogP contribution in [0.25, 0.3) is 0 Å². The summed E-state index contributed by atoms with van der Waals surface area (Å²) in [5.74, 6) is -0.0900. The number of hydrogen-bond donors (Lipinski definition) is 2. The molecule has 0 radical (unpaired) electrons. The molecule has 0 aliphatic heterocycles. The van der Waals surface area contributed by atoms with E-state index >= 15 is 0 Å². The number of ether oxygens (including phenoxy) is 1. The summed E-state index contributed by atoms with van der Waals surface area (Å²) in [4.78, 5) is 14.6. The molecule has 6 nitrogen and oxygen atoms in total. The van der Waals surface area contributed by atoms with E-state index in [1.807, 2.05) is 24.3 Å². The highest BCUT2D eigenvalue weighted by Gasteiger charge is 2.06. The van der Waals surface area contributed by atoms with Gasteiger partial charge in [-0.3, -0.25) is 4.79 Å². The van der Waals surface area contributed by atoms with Crippen LogP contribution in [0.5, 0.6) is 5.75 Å². The Kier molecular flexibility index (Phi) is 4.02. The topological polar surface area (TPSA) is 84.6 Å². The largest absolute Gasteiger partial charge is 0.497 e. The van der Waals surface area contributed by atoms with Crippen LogP contribution < -0.4 is 10.1 Å². The maximum absolute atomic E-state index is 10.4. The molecule has 2 N–H and O–H groups in total. The van der Waals surface area contributed by atoms with Gasteiger partial charge in [-0.25, -0.2) is 0 Å². The lowest BCUT2D eigenvalue weighted by Gasteiger charge is -2.03. The Bertz CT molecular complexity index is 548. The number of rotatable bonds is 6. The van der Waals surface area contributed by atoms with Crippen molar-refractivity contribution in [3.8, 4) is 5.75 Å². The van der Waals surface area contributed by atoms with Gasteiger partial charge in [-0.05, 0) is 24.3 Å². The second kappa shape index (κ2) is 5.90. The first-order valence-electron chi connectivity index (χ1n) is 5.74. The monoisotopic (exact) mass is 262 g/mol. The third kappa shape index (κ3) is 3.74. The number of hydrogen-bond acceptors (Lipinski definition) is 5. The van der Waals surface area contributed by atoms with E-state index in [0.717, 1.165) is 11.4 Å². The molecule has 0 aliphatic carbocycles. The first-order valence-corrected chi connectivity index (χ1v) is 5.74. The molecule has 1 aromatic heterocycles. The van der Waals surface area contributed by atoms with E-state index in [-0.39, 0.29) is 6.42 Å². The van der Waals surface area contributed by atoms with Gasteiger partial charge in [-0.2, -0.15) is 4.98 Å². The van der Waals surface area contributed by atoms with E-state index in [0.29, 0.717) is 18.1 Å². The van der Waals surface area contributed by atoms with E-state index in [2.05, 4.69) is 10.3 Å². The van der Waals surface area contributed by atoms with Crippen molar-refractivity contribution < 1.29 is 19.1 Å². The maximum Gasteiger partial charge on any atom is 0.303 e. The number of aryl methyl sites for hydroxylation is 1. The van der Waals surface area contributed by atoms with E-state index in [1.54, 1.807) is 7.11 Å². The average molecular weight is 262 g/mol. The molecule has 0 saturated heterocycles. The van der Waals surface area contributed by atoms with Crippen LogP contribution in [0.4, 0.5) is 11.7 Å². The highest BCUT2D eigenvalue weighted by atomic mass is 16.5. The summed E-state index contributed by atoms with van der Waals surface area (Å²) in [5.41, 5.74) is 1.42. The third-order valence-electron chi connectivity index (χ3n) is 2.49. The van der Waals surface area contributed by atoms with Gasteiger partial charge in [0.15, 0.2) is 0 Å². The van der Waals surface area contributed by atoms with Gasteiger partial charge in [0.05, 0.1) is 19.2 Å². The van der Waals surface area contributed by atoms with Gasteiger partial charge in [0.2, 0.25) is 0 Å². The number of oxazole rings is 1. The lowest BCUT2D eigenvalue weighted by atomic mass is 10.2. The Balaban J connectivity index is 1.96. The number of carboxylic acids is 1. The van der Waals surface area contributed by atoms with E-state index < -0.39 is 5.97 Å². The number of aliphatic carboxylic acids is 1. The highest BCUT2D eigenvalue weighted by molar-refractivity contribution is 5.67. The number of methoxy groups -OCH3 is 1. The lowest BCUT2D eigenvalue weighted by molar-refractivity contribution is -0.136. The molecule has 0 saturated carbocycles. The molecular weight excluding hydrogens is 248 g/mol. The minimum atomic E-state index is -0.854. The van der Waals surface area contributed by atoms with Gasteiger partial charge in [-0.15, -0.1) is 0 Å². The number of aromatic nitrogens is 1. The van der Waals surface area contributed by atoms with E-state index in [9.17, 15) is 4.79 Å². The van der Waals surface area contributed by atoms with Crippen LogP contribution in [0, 0.1) is 0 Å². The molecule has 2 rings (SSSR count). The number of benzene rings is 1. The molecule has 0 aliphatic rings. The molecule has 6 heteroatoms. The number of nitrogens with one attached hydrogen (secondary N) is 1. The molecule has 0 fully saturated rings. The van der Waals surface area contributed by atoms with E-state index in [4.69, 9.17) is 14.3 Å². The summed E-state index contributed by atoms with van der Waals surface area (Å²) in [7, 11) is 1.60. The maximum atomic E-state index is 10.4. The Morgan fingerprint density at radius 2 is 2.16 bits per heavy atom. The second-order valence-electron chi connectivity index (χ2n) is 3.89. The van der Waals surface area contributed by atoms with Gasteiger partial charge < -0.3 is 19.6 Å². The Labute approximate surface area is 110 Å². The molecule has 0 amide bonds. The Morgan fingerprint density at radius 3 is 2.79 bits per heavy atom. The third-order valence-corrected chi connectivity index (χ3v) is 2.49. The van der Waals surface area contributed by atoms with Gasteiger partial charge >= 0.3 is 5.97 Å². The first-order chi connectivity index (χ1) is 9.17. The van der Waals surface area contributed by atoms with Crippen LogP contribution >= 0.6 is 0 Å². The number of carbonyl (C=O) groups is 1. The number of nitrogens with zero attached hydrogens (tertiary/aromatic N) is 1. The molecule has 2 aromatic rings. The minimum Gasteiger partial charge on any atom is -0.497 e. The standard InChI is InChI=1S/C13H14N2O4/c1-18-11-5-2-9(3-6-11)14-13-15-10(8-19-13)4-7-12(16)17/h2-3,5-6,8H,4,7H2,1H3,(H,14,15)(H,16,17). The van der Waals surface area contributed by atoms with E-state index in [1.165, 1.54) is 6.26 Å². The molecule has 0 atom stereocenters. The average Bonchev–Trinajstić information content (AvgIpc) is 2.85. The van der Waals surface area contributed by atoms with Crippen LogP contribution in [-0.2, 0) is 11.2 Å². The zero-order chi connectivity index (χ0) is 13.7. The van der Waals surface area contributed by atoms with Crippen molar-refractivity contribution in [2.75, 3.05) is 12.4 Å². The fourth-order valence-corrected chi connectivity index (χ4v) is 1.51. The first kappa shape index (κ1) is 12.9. The number of anilines is 2. The summed E-state index contributed by atoms with van der Waals surface area (Å²) in [6.45, 7) is 0. The van der Waals surface area contributed by atoms with Crippen molar-refractivity contribution in [2.24, 2.45) is 0 Å². The molecule has 1 aromatic carbocycles. The molecule has 0 spiro atoms. The van der Waals surface area contributed by atoms with Crippen molar-refractivity contribution in [3.05, 3.63) is 36.2 Å². The highest BCUT2D eigenvalue weighted by Crippen LogP contribution is 2.19. The minimum absolute atomic E-state index is 0.0362. The van der Waals surface area contributed by atoms with Crippen LogP contribution in [0.2, 0.25) is 0 Å². The molecule has 0 bridgehead atoms. The van der Waals surface area contributed by atoms with Gasteiger partial charge in [0.1, 0.15) is 12.0 Å². The summed E-state index contributed by atoms with van der Waals surface area (Å²) >= 11 is 0. The fourth-order valence-electron chi connectivity index (χ4n) is 1.51. The fraction of sp³-hybridized carbons (Fsp3) is 0.231. The molecule has 19 heavy (non-hydrogen) atoms. The smallest absolute Gasteiger partial charge is 0.303 e. The second-order valence-corrected chi connectivity index (χ2v) is 3.89. The van der Waals surface area contributed by atoms with Crippen LogP contribution in [0.1, 0.15) is 12.1 Å². The summed E-state index contributed by atoms with van der Waals surface area (Å²) < 4.78 is 10.3. The van der Waals surface area contributed by atoms with Gasteiger partial charge in [0.25, 0.3) is 6.01 Å². The van der Waals surface area contributed by atoms with Crippen molar-refractivity contribution >= 4 is 17.7 Å². The van der Waals surface area contributed by atoms with Crippen LogP contribution in [0.15, 0.2) is 34.9 Å². The summed E-state index contributed by atoms with van der Waals surface area (Å²) in [5, 5.41) is 11.6. The Hall–Kier alpha value is -2.50. The summed E-state index contributed by atoms with van der Waals surface area (Å²) in [6.07, 6.45) is 1.84. The van der Waals surface area contributed by atoms with Crippen LogP contribution in [-0.4, -0.2) is 23.2 Å². The number of carboxylic acid groups (broad SMARTS) is 1. The SMILES string of the molecule is COc1ccc(Nc2nc(CCC(=O)O)co2)cc1. The zero-order valence-electron chi connectivity index (χ0n) is 10.4.